The molecule has 0 heterocycles. The third-order valence-corrected chi connectivity index (χ3v) is 7.10. The summed E-state index contributed by atoms with van der Waals surface area (Å²) in [5.74, 6) is -0.755. The second kappa shape index (κ2) is 8.63. The molecule has 0 fully saturated rings. The zero-order chi connectivity index (χ0) is 22.2. The van der Waals surface area contributed by atoms with Crippen molar-refractivity contribution < 1.29 is 9.90 Å². The van der Waals surface area contributed by atoms with E-state index in [1.165, 1.54) is 50.1 Å². The number of aliphatic carboxylic acids is 1. The van der Waals surface area contributed by atoms with E-state index in [-0.39, 0.29) is 6.42 Å². The zero-order valence-corrected chi connectivity index (χ0v) is 19.5. The highest BCUT2D eigenvalue weighted by atomic mass is 16.4. The van der Waals surface area contributed by atoms with E-state index in [2.05, 4.69) is 66.7 Å². The van der Waals surface area contributed by atoms with Gasteiger partial charge in [0, 0.05) is 0 Å². The molecule has 2 heteroatoms. The minimum atomic E-state index is -0.755. The van der Waals surface area contributed by atoms with Gasteiger partial charge in [0.1, 0.15) is 0 Å². The first-order chi connectivity index (χ1) is 14.1. The van der Waals surface area contributed by atoms with E-state index in [0.29, 0.717) is 0 Å². The van der Waals surface area contributed by atoms with Gasteiger partial charge in [0.25, 0.3) is 0 Å². The van der Waals surface area contributed by atoms with E-state index in [0.717, 1.165) is 30.4 Å². The molecule has 2 nitrogen and oxygen atoms in total. The van der Waals surface area contributed by atoms with Crippen LogP contribution in [0.1, 0.15) is 75.4 Å². The Kier molecular flexibility index (Phi) is 6.36. The number of hydrogen-bond acceptors (Lipinski definition) is 1. The lowest BCUT2D eigenvalue weighted by Gasteiger charge is -2.12. The fourth-order valence-electron chi connectivity index (χ4n) is 4.71. The molecule has 2 aliphatic rings. The smallest absolute Gasteiger partial charge is 0.307 e. The second-order valence-corrected chi connectivity index (χ2v) is 8.73. The summed E-state index contributed by atoms with van der Waals surface area (Å²) in [5.41, 5.74) is 16.3. The highest BCUT2D eigenvalue weighted by molar-refractivity contribution is 5.87. The maximum atomic E-state index is 10.8. The average Bonchev–Trinajstić information content (AvgIpc) is 3.28. The van der Waals surface area contributed by atoms with Crippen molar-refractivity contribution in [2.45, 2.75) is 74.1 Å². The molecular weight excluding hydrogens is 368 g/mol. The summed E-state index contributed by atoms with van der Waals surface area (Å²) < 4.78 is 0. The molecule has 0 radical (unpaired) electrons. The van der Waals surface area contributed by atoms with Crippen molar-refractivity contribution in [3.05, 3.63) is 79.9 Å². The summed E-state index contributed by atoms with van der Waals surface area (Å²) >= 11 is 0. The van der Waals surface area contributed by atoms with E-state index in [9.17, 15) is 4.79 Å². The molecule has 4 rings (SSSR count). The maximum absolute atomic E-state index is 10.8. The fraction of sp³-hybridized carbons (Fsp3) is 0.393. The molecule has 0 unspecified atom stereocenters. The van der Waals surface area contributed by atoms with E-state index in [1.807, 2.05) is 6.08 Å². The van der Waals surface area contributed by atoms with Crippen LogP contribution in [0.3, 0.4) is 0 Å². The number of carboxylic acid groups (broad SMARTS) is 1. The van der Waals surface area contributed by atoms with E-state index >= 15 is 0 Å². The van der Waals surface area contributed by atoms with E-state index in [1.54, 1.807) is 5.56 Å². The van der Waals surface area contributed by atoms with Gasteiger partial charge >= 0.3 is 5.97 Å². The Hall–Kier alpha value is -2.61. The number of aryl methyl sites for hydroxylation is 2. The normalized spacial score (nSPS) is 13.8. The molecule has 158 valence electrons. The van der Waals surface area contributed by atoms with Crippen LogP contribution in [0.15, 0.2) is 24.3 Å². The van der Waals surface area contributed by atoms with E-state index in [4.69, 9.17) is 5.11 Å². The van der Waals surface area contributed by atoms with Gasteiger partial charge in [-0.2, -0.15) is 0 Å². The molecule has 2 aliphatic carbocycles. The molecule has 2 aromatic rings. The highest BCUT2D eigenvalue weighted by Gasteiger charge is 2.20. The number of fused-ring (bicyclic) bond motifs is 2. The van der Waals surface area contributed by atoms with Crippen molar-refractivity contribution in [1.29, 1.82) is 0 Å². The van der Waals surface area contributed by atoms with Crippen LogP contribution in [0, 0.1) is 41.5 Å². The van der Waals surface area contributed by atoms with Crippen molar-refractivity contribution in [1.82, 2.24) is 0 Å². The molecule has 30 heavy (non-hydrogen) atoms. The van der Waals surface area contributed by atoms with Crippen LogP contribution in [-0.4, -0.2) is 11.1 Å². The minimum Gasteiger partial charge on any atom is -0.481 e. The largest absolute Gasteiger partial charge is 0.481 e. The molecule has 0 aliphatic heterocycles. The van der Waals surface area contributed by atoms with Gasteiger partial charge in [-0.1, -0.05) is 31.2 Å². The van der Waals surface area contributed by atoms with Crippen molar-refractivity contribution in [2.75, 3.05) is 0 Å². The monoisotopic (exact) mass is 402 g/mol. The molecule has 0 saturated heterocycles. The third kappa shape index (κ3) is 4.01. The Morgan fingerprint density at radius 1 is 0.767 bits per heavy atom. The van der Waals surface area contributed by atoms with Gasteiger partial charge < -0.3 is 5.11 Å². The topological polar surface area (TPSA) is 37.3 Å². The van der Waals surface area contributed by atoms with Crippen LogP contribution in [0.2, 0.25) is 0 Å². The molecule has 0 atom stereocenters. The lowest BCUT2D eigenvalue weighted by molar-refractivity contribution is -0.135. The van der Waals surface area contributed by atoms with Crippen molar-refractivity contribution in [3.63, 3.8) is 0 Å². The number of carbonyl (C=O) groups is 1. The Morgan fingerprint density at radius 2 is 1.20 bits per heavy atom. The average molecular weight is 403 g/mol. The standard InChI is InChI=1S/C14H16O2.C14H18/c1-8-6-13-11(7-14(15)16)4-5-12(13)10(3)9(8)2;1-5-12-6-7-13-11(4)10(3)9(2)8-14(12)13/h4,6H,5,7H2,1-3H3,(H,15,16);6,8H,5,7H2,1-4H3. The molecule has 2 aromatic carbocycles. The third-order valence-electron chi connectivity index (χ3n) is 7.10. The predicted molar refractivity (Wildman–Crippen MR) is 127 cm³/mol. The lowest BCUT2D eigenvalue weighted by atomic mass is 9.92. The SMILES string of the molecule is CCC1=CCc2c1cc(C)c(C)c2C.Cc1cc2c(c(C)c1C)CC=C2CC(=O)O. The zero-order valence-electron chi connectivity index (χ0n) is 19.5. The van der Waals surface area contributed by atoms with Gasteiger partial charge in [0.15, 0.2) is 0 Å². The molecule has 0 aromatic heterocycles. The van der Waals surface area contributed by atoms with Crippen LogP contribution in [0.25, 0.3) is 11.1 Å². The van der Waals surface area contributed by atoms with Crippen molar-refractivity contribution >= 4 is 17.1 Å². The number of carboxylic acids is 1. The summed E-state index contributed by atoms with van der Waals surface area (Å²) in [4.78, 5) is 10.8. The molecule has 0 spiro atoms. The fourth-order valence-corrected chi connectivity index (χ4v) is 4.71. The first-order valence-corrected chi connectivity index (χ1v) is 11.0. The van der Waals surface area contributed by atoms with Crippen LogP contribution in [-0.2, 0) is 17.6 Å². The number of rotatable bonds is 3. The Bertz CT molecular complexity index is 1080. The molecule has 0 bridgehead atoms. The van der Waals surface area contributed by atoms with Crippen molar-refractivity contribution in [3.8, 4) is 0 Å². The summed E-state index contributed by atoms with van der Waals surface area (Å²) in [5, 5.41) is 8.85. The summed E-state index contributed by atoms with van der Waals surface area (Å²) in [6.07, 6.45) is 7.75. The second-order valence-electron chi connectivity index (χ2n) is 8.73. The quantitative estimate of drug-likeness (QED) is 0.601. The number of hydrogen-bond donors (Lipinski definition) is 1. The summed E-state index contributed by atoms with van der Waals surface area (Å²) in [7, 11) is 0. The van der Waals surface area contributed by atoms with Gasteiger partial charge in [0.05, 0.1) is 6.42 Å². The Morgan fingerprint density at radius 3 is 1.63 bits per heavy atom. The highest BCUT2D eigenvalue weighted by Crippen LogP contribution is 2.35. The molecule has 1 N–H and O–H groups in total. The Labute approximate surface area is 181 Å². The van der Waals surface area contributed by atoms with Gasteiger partial charge in [-0.25, -0.2) is 0 Å². The van der Waals surface area contributed by atoms with Gasteiger partial charge in [0.2, 0.25) is 0 Å². The molecular formula is C28H34O2. The minimum absolute atomic E-state index is 0.134. The van der Waals surface area contributed by atoms with Crippen LogP contribution in [0.5, 0.6) is 0 Å². The van der Waals surface area contributed by atoms with Gasteiger partial charge in [-0.05, 0) is 128 Å². The molecule has 0 saturated carbocycles. The van der Waals surface area contributed by atoms with Gasteiger partial charge in [-0.3, -0.25) is 4.79 Å². The summed E-state index contributed by atoms with van der Waals surface area (Å²) in [6.45, 7) is 15.3. The van der Waals surface area contributed by atoms with Crippen molar-refractivity contribution in [2.24, 2.45) is 0 Å². The number of allylic oxidation sites excluding steroid dienone is 3. The summed E-state index contributed by atoms with van der Waals surface area (Å²) in [6, 6.07) is 4.49. The van der Waals surface area contributed by atoms with Crippen LogP contribution in [0.4, 0.5) is 0 Å². The lowest BCUT2D eigenvalue weighted by Crippen LogP contribution is -1.99. The van der Waals surface area contributed by atoms with Crippen LogP contribution >= 0.6 is 0 Å². The first kappa shape index (κ1) is 22.1. The predicted octanol–water partition coefficient (Wildman–Crippen LogP) is 6.99. The van der Waals surface area contributed by atoms with Crippen LogP contribution < -0.4 is 0 Å². The number of benzene rings is 2. The maximum Gasteiger partial charge on any atom is 0.307 e. The Balaban J connectivity index is 0.000000172. The molecule has 0 amide bonds. The first-order valence-electron chi connectivity index (χ1n) is 11.0. The van der Waals surface area contributed by atoms with E-state index < -0.39 is 5.97 Å². The van der Waals surface area contributed by atoms with Gasteiger partial charge in [-0.15, -0.1) is 0 Å².